The number of carbonyl (C=O) groups excluding carboxylic acids is 1. The van der Waals surface area contributed by atoms with Gasteiger partial charge in [0.15, 0.2) is 5.69 Å². The van der Waals surface area contributed by atoms with Crippen LogP contribution in [-0.4, -0.2) is 25.9 Å². The Hall–Kier alpha value is -3.87. The summed E-state index contributed by atoms with van der Waals surface area (Å²) in [6.45, 7) is 5.78. The number of pyridine rings is 1. The molecule has 1 amide bonds. The van der Waals surface area contributed by atoms with Crippen molar-refractivity contribution in [3.8, 4) is 16.9 Å². The number of rotatable bonds is 4. The van der Waals surface area contributed by atoms with Crippen molar-refractivity contribution in [1.82, 2.24) is 20.0 Å². The standard InChI is InChI=1S/C23H20FN5O/c1-14-6-8-19(12-15(14)2)29-22(17-5-4-10-25-13-17)21(27-28-29)23(30)26-20-9-7-18(24)11-16(20)3/h4-13H,1-3H3,(H,26,30). The van der Waals surface area contributed by atoms with Gasteiger partial charge in [0.25, 0.3) is 5.91 Å². The molecule has 6 nitrogen and oxygen atoms in total. The maximum atomic E-state index is 13.4. The molecule has 30 heavy (non-hydrogen) atoms. The third kappa shape index (κ3) is 3.69. The molecule has 0 saturated heterocycles. The van der Waals surface area contributed by atoms with E-state index in [1.807, 2.05) is 38.1 Å². The van der Waals surface area contributed by atoms with E-state index in [-0.39, 0.29) is 11.5 Å². The first-order valence-corrected chi connectivity index (χ1v) is 9.45. The lowest BCUT2D eigenvalue weighted by atomic mass is 10.1. The average molecular weight is 401 g/mol. The predicted octanol–water partition coefficient (Wildman–Crippen LogP) is 4.65. The molecule has 0 aliphatic rings. The van der Waals surface area contributed by atoms with E-state index in [0.717, 1.165) is 16.8 Å². The van der Waals surface area contributed by atoms with Crippen molar-refractivity contribution in [2.75, 3.05) is 5.32 Å². The Kier molecular flexibility index (Phi) is 5.10. The van der Waals surface area contributed by atoms with Crippen LogP contribution < -0.4 is 5.32 Å². The Morgan fingerprint density at radius 2 is 1.83 bits per heavy atom. The van der Waals surface area contributed by atoms with Crippen molar-refractivity contribution in [3.63, 3.8) is 0 Å². The molecule has 0 spiro atoms. The number of hydrogen-bond donors (Lipinski definition) is 1. The number of amides is 1. The number of hydrogen-bond acceptors (Lipinski definition) is 4. The lowest BCUT2D eigenvalue weighted by Crippen LogP contribution is -2.15. The highest BCUT2D eigenvalue weighted by Crippen LogP contribution is 2.27. The molecule has 2 heterocycles. The molecule has 4 aromatic rings. The highest BCUT2D eigenvalue weighted by atomic mass is 19.1. The molecule has 150 valence electrons. The minimum Gasteiger partial charge on any atom is -0.320 e. The summed E-state index contributed by atoms with van der Waals surface area (Å²) in [6.07, 6.45) is 3.32. The van der Waals surface area contributed by atoms with Gasteiger partial charge in [-0.05, 0) is 79.9 Å². The molecular formula is C23H20FN5O. The second kappa shape index (κ2) is 7.87. The van der Waals surface area contributed by atoms with Crippen LogP contribution in [-0.2, 0) is 0 Å². The van der Waals surface area contributed by atoms with Crippen LogP contribution in [0.3, 0.4) is 0 Å². The summed E-state index contributed by atoms with van der Waals surface area (Å²) in [4.78, 5) is 17.2. The van der Waals surface area contributed by atoms with Crippen LogP contribution in [0.4, 0.5) is 10.1 Å². The quantitative estimate of drug-likeness (QED) is 0.540. The molecule has 4 rings (SSSR count). The number of benzene rings is 2. The van der Waals surface area contributed by atoms with Gasteiger partial charge >= 0.3 is 0 Å². The van der Waals surface area contributed by atoms with Gasteiger partial charge in [-0.3, -0.25) is 9.78 Å². The number of halogens is 1. The van der Waals surface area contributed by atoms with E-state index in [4.69, 9.17) is 0 Å². The number of nitrogens with one attached hydrogen (secondary N) is 1. The summed E-state index contributed by atoms with van der Waals surface area (Å²) >= 11 is 0. The first kappa shape index (κ1) is 19.4. The zero-order chi connectivity index (χ0) is 21.3. The van der Waals surface area contributed by atoms with E-state index in [9.17, 15) is 9.18 Å². The SMILES string of the molecule is Cc1ccc(-n2nnc(C(=O)Nc3ccc(F)cc3C)c2-c2cccnc2)cc1C. The van der Waals surface area contributed by atoms with Gasteiger partial charge in [0.2, 0.25) is 0 Å². The van der Waals surface area contributed by atoms with Crippen molar-refractivity contribution >= 4 is 11.6 Å². The summed E-state index contributed by atoms with van der Waals surface area (Å²) in [5, 5.41) is 11.2. The Morgan fingerprint density at radius 3 is 2.53 bits per heavy atom. The van der Waals surface area contributed by atoms with E-state index in [1.54, 1.807) is 30.1 Å². The van der Waals surface area contributed by atoms with Crippen molar-refractivity contribution < 1.29 is 9.18 Å². The molecule has 0 unspecified atom stereocenters. The molecule has 0 atom stereocenters. The summed E-state index contributed by atoms with van der Waals surface area (Å²) in [7, 11) is 0. The van der Waals surface area contributed by atoms with E-state index < -0.39 is 5.91 Å². The zero-order valence-electron chi connectivity index (χ0n) is 16.8. The Bertz CT molecular complexity index is 1230. The van der Waals surface area contributed by atoms with Crippen molar-refractivity contribution in [1.29, 1.82) is 0 Å². The Morgan fingerprint density at radius 1 is 1.00 bits per heavy atom. The molecule has 7 heteroatoms. The van der Waals surface area contributed by atoms with Gasteiger partial charge in [0, 0.05) is 23.6 Å². The van der Waals surface area contributed by atoms with Crippen LogP contribution in [0.5, 0.6) is 0 Å². The molecule has 0 aliphatic carbocycles. The van der Waals surface area contributed by atoms with Crippen molar-refractivity contribution in [2.45, 2.75) is 20.8 Å². The van der Waals surface area contributed by atoms with Crippen molar-refractivity contribution in [3.05, 3.63) is 89.1 Å². The van der Waals surface area contributed by atoms with Crippen LogP contribution in [0.1, 0.15) is 27.2 Å². The minimum absolute atomic E-state index is 0.157. The maximum Gasteiger partial charge on any atom is 0.278 e. The second-order valence-electron chi connectivity index (χ2n) is 7.12. The summed E-state index contributed by atoms with van der Waals surface area (Å²) < 4.78 is 15.0. The van der Waals surface area contributed by atoms with Gasteiger partial charge < -0.3 is 5.32 Å². The fourth-order valence-corrected chi connectivity index (χ4v) is 3.18. The number of anilines is 1. The molecule has 0 bridgehead atoms. The second-order valence-corrected chi connectivity index (χ2v) is 7.12. The van der Waals surface area contributed by atoms with E-state index in [0.29, 0.717) is 22.5 Å². The first-order valence-electron chi connectivity index (χ1n) is 9.45. The average Bonchev–Trinajstić information content (AvgIpc) is 3.18. The fraction of sp³-hybridized carbons (Fsp3) is 0.130. The van der Waals surface area contributed by atoms with Gasteiger partial charge in [0.05, 0.1) is 5.69 Å². The monoisotopic (exact) mass is 401 g/mol. The predicted molar refractivity (Wildman–Crippen MR) is 113 cm³/mol. The number of carbonyl (C=O) groups is 1. The number of nitrogens with zero attached hydrogens (tertiary/aromatic N) is 4. The molecule has 0 radical (unpaired) electrons. The van der Waals surface area contributed by atoms with Gasteiger partial charge in [-0.2, -0.15) is 0 Å². The molecule has 2 aromatic heterocycles. The van der Waals surface area contributed by atoms with Crippen LogP contribution in [0, 0.1) is 26.6 Å². The third-order valence-electron chi connectivity index (χ3n) is 4.99. The van der Waals surface area contributed by atoms with E-state index in [2.05, 4.69) is 20.6 Å². The van der Waals surface area contributed by atoms with Crippen LogP contribution in [0.15, 0.2) is 60.9 Å². The topological polar surface area (TPSA) is 72.7 Å². The minimum atomic E-state index is -0.432. The fourth-order valence-electron chi connectivity index (χ4n) is 3.18. The van der Waals surface area contributed by atoms with Crippen molar-refractivity contribution in [2.24, 2.45) is 0 Å². The van der Waals surface area contributed by atoms with Gasteiger partial charge in [-0.1, -0.05) is 11.3 Å². The zero-order valence-corrected chi connectivity index (χ0v) is 16.8. The molecule has 0 fully saturated rings. The Labute approximate surface area is 173 Å². The number of aromatic nitrogens is 4. The van der Waals surface area contributed by atoms with Crippen LogP contribution >= 0.6 is 0 Å². The Balaban J connectivity index is 1.81. The van der Waals surface area contributed by atoms with E-state index >= 15 is 0 Å². The van der Waals surface area contributed by atoms with Gasteiger partial charge in [-0.15, -0.1) is 5.10 Å². The largest absolute Gasteiger partial charge is 0.320 e. The van der Waals surface area contributed by atoms with Crippen LogP contribution in [0.25, 0.3) is 16.9 Å². The molecule has 0 saturated carbocycles. The summed E-state index contributed by atoms with van der Waals surface area (Å²) in [6, 6.07) is 13.8. The molecule has 2 aromatic carbocycles. The first-order chi connectivity index (χ1) is 14.4. The van der Waals surface area contributed by atoms with Gasteiger partial charge in [-0.25, -0.2) is 9.07 Å². The lowest BCUT2D eigenvalue weighted by molar-refractivity contribution is 0.102. The summed E-state index contributed by atoms with van der Waals surface area (Å²) in [5.74, 6) is -0.791. The highest BCUT2D eigenvalue weighted by molar-refractivity contribution is 6.07. The smallest absolute Gasteiger partial charge is 0.278 e. The summed E-state index contributed by atoms with van der Waals surface area (Å²) in [5.41, 5.74) is 5.59. The maximum absolute atomic E-state index is 13.4. The third-order valence-corrected chi connectivity index (χ3v) is 4.99. The normalized spacial score (nSPS) is 10.8. The van der Waals surface area contributed by atoms with E-state index in [1.165, 1.54) is 18.2 Å². The molecule has 0 aliphatic heterocycles. The highest BCUT2D eigenvalue weighted by Gasteiger charge is 2.23. The number of aryl methyl sites for hydroxylation is 3. The van der Waals surface area contributed by atoms with Gasteiger partial charge in [0.1, 0.15) is 11.5 Å². The lowest BCUT2D eigenvalue weighted by Gasteiger charge is -2.11. The molecular weight excluding hydrogens is 381 g/mol. The molecule has 1 N–H and O–H groups in total. The van der Waals surface area contributed by atoms with Crippen LogP contribution in [0.2, 0.25) is 0 Å².